The molecule has 1 aromatic heterocycles. The van der Waals surface area contributed by atoms with Crippen molar-refractivity contribution in [1.82, 2.24) is 4.98 Å². The monoisotopic (exact) mass is 398 g/mol. The lowest BCUT2D eigenvalue weighted by Gasteiger charge is -2.23. The SMILES string of the molecule is N=C(c1ccc(Cl)cc1)C(C(=O)c1ccccc1Cl)C(O)c1cccnc1. The molecule has 2 unspecified atom stereocenters. The second-order valence-corrected chi connectivity index (χ2v) is 6.82. The van der Waals surface area contributed by atoms with E-state index in [0.29, 0.717) is 16.1 Å². The van der Waals surface area contributed by atoms with Crippen LogP contribution < -0.4 is 0 Å². The molecule has 27 heavy (non-hydrogen) atoms. The van der Waals surface area contributed by atoms with Crippen LogP contribution in [0.15, 0.2) is 73.1 Å². The third kappa shape index (κ3) is 4.25. The maximum absolute atomic E-state index is 13.2. The molecule has 0 aliphatic carbocycles. The van der Waals surface area contributed by atoms with Gasteiger partial charge < -0.3 is 10.5 Å². The highest BCUT2D eigenvalue weighted by molar-refractivity contribution is 6.35. The molecule has 2 aromatic carbocycles. The fraction of sp³-hybridized carbons (Fsp3) is 0.0952. The molecule has 2 N–H and O–H groups in total. The van der Waals surface area contributed by atoms with Gasteiger partial charge in [-0.25, -0.2) is 0 Å². The Hall–Kier alpha value is -2.53. The van der Waals surface area contributed by atoms with Gasteiger partial charge in [-0.3, -0.25) is 9.78 Å². The van der Waals surface area contributed by atoms with E-state index in [-0.39, 0.29) is 16.3 Å². The number of hydrogen-bond donors (Lipinski definition) is 2. The number of rotatable bonds is 6. The molecule has 0 saturated carbocycles. The van der Waals surface area contributed by atoms with Crippen molar-refractivity contribution in [1.29, 1.82) is 5.41 Å². The standard InChI is InChI=1S/C21H16Cl2N2O2/c22-15-9-7-13(8-10-15)19(24)18(20(26)14-4-3-11-25-12-14)21(27)16-5-1-2-6-17(16)23/h1-12,18,20,24,26H. The summed E-state index contributed by atoms with van der Waals surface area (Å²) in [5.74, 6) is -1.58. The molecule has 0 aliphatic rings. The molecular weight excluding hydrogens is 383 g/mol. The molecule has 0 saturated heterocycles. The predicted octanol–water partition coefficient (Wildman–Crippen LogP) is 4.99. The van der Waals surface area contributed by atoms with Gasteiger partial charge in [-0.1, -0.05) is 53.5 Å². The Morgan fingerprint density at radius 3 is 2.33 bits per heavy atom. The van der Waals surface area contributed by atoms with Gasteiger partial charge in [0.25, 0.3) is 0 Å². The Kier molecular flexibility index (Phi) is 6.01. The molecule has 1 heterocycles. The minimum absolute atomic E-state index is 0.0204. The second kappa shape index (κ2) is 8.44. The number of ketones is 1. The molecule has 0 fully saturated rings. The molecule has 0 bridgehead atoms. The summed E-state index contributed by atoms with van der Waals surface area (Å²) in [5, 5.41) is 20.3. The molecule has 0 amide bonds. The van der Waals surface area contributed by atoms with Crippen molar-refractivity contribution in [2.45, 2.75) is 6.10 Å². The number of carbonyl (C=O) groups excluding carboxylic acids is 1. The molecule has 136 valence electrons. The second-order valence-electron chi connectivity index (χ2n) is 5.97. The number of aromatic nitrogens is 1. The van der Waals surface area contributed by atoms with Crippen LogP contribution in [0.25, 0.3) is 0 Å². The number of aliphatic hydroxyl groups is 1. The molecule has 6 heteroatoms. The van der Waals surface area contributed by atoms with Gasteiger partial charge >= 0.3 is 0 Å². The van der Waals surface area contributed by atoms with Gasteiger partial charge in [0.1, 0.15) is 0 Å². The van der Waals surface area contributed by atoms with Crippen LogP contribution in [-0.2, 0) is 0 Å². The van der Waals surface area contributed by atoms with E-state index in [1.165, 1.54) is 6.20 Å². The third-order valence-electron chi connectivity index (χ3n) is 4.23. The van der Waals surface area contributed by atoms with Crippen LogP contribution in [0.4, 0.5) is 0 Å². The summed E-state index contributed by atoms with van der Waals surface area (Å²) in [6.45, 7) is 0. The Morgan fingerprint density at radius 1 is 1.00 bits per heavy atom. The summed E-state index contributed by atoms with van der Waals surface area (Å²) in [4.78, 5) is 17.2. The molecule has 0 aliphatic heterocycles. The average molecular weight is 399 g/mol. The van der Waals surface area contributed by atoms with Crippen molar-refractivity contribution in [3.05, 3.63) is 99.8 Å². The summed E-state index contributed by atoms with van der Waals surface area (Å²) in [7, 11) is 0. The Bertz CT molecular complexity index is 959. The van der Waals surface area contributed by atoms with E-state index in [1.54, 1.807) is 66.9 Å². The van der Waals surface area contributed by atoms with Gasteiger partial charge in [0, 0.05) is 23.0 Å². The molecule has 3 rings (SSSR count). The van der Waals surface area contributed by atoms with E-state index >= 15 is 0 Å². The Morgan fingerprint density at radius 2 is 1.70 bits per heavy atom. The number of nitrogens with zero attached hydrogens (tertiary/aromatic N) is 1. The number of halogens is 2. The predicted molar refractivity (Wildman–Crippen MR) is 107 cm³/mol. The lowest BCUT2D eigenvalue weighted by Crippen LogP contribution is -2.31. The van der Waals surface area contributed by atoms with Crippen molar-refractivity contribution in [2.24, 2.45) is 5.92 Å². The first-order chi connectivity index (χ1) is 13.0. The normalized spacial score (nSPS) is 13.0. The van der Waals surface area contributed by atoms with E-state index in [1.807, 2.05) is 0 Å². The minimum atomic E-state index is -1.24. The first-order valence-electron chi connectivity index (χ1n) is 8.20. The summed E-state index contributed by atoms with van der Waals surface area (Å²) in [6.07, 6.45) is 1.81. The lowest BCUT2D eigenvalue weighted by atomic mass is 9.83. The van der Waals surface area contributed by atoms with Gasteiger partial charge in [-0.15, -0.1) is 0 Å². The van der Waals surface area contributed by atoms with Crippen molar-refractivity contribution in [3.63, 3.8) is 0 Å². The van der Waals surface area contributed by atoms with Gasteiger partial charge in [0.05, 0.1) is 22.8 Å². The summed E-state index contributed by atoms with van der Waals surface area (Å²) in [6, 6.07) is 16.5. The zero-order chi connectivity index (χ0) is 19.4. The molecule has 4 nitrogen and oxygen atoms in total. The van der Waals surface area contributed by atoms with Crippen molar-refractivity contribution in [3.8, 4) is 0 Å². The van der Waals surface area contributed by atoms with Gasteiger partial charge in [-0.05, 0) is 41.5 Å². The Labute approximate surface area is 166 Å². The van der Waals surface area contributed by atoms with Gasteiger partial charge in [0.2, 0.25) is 0 Å². The fourth-order valence-electron chi connectivity index (χ4n) is 2.81. The minimum Gasteiger partial charge on any atom is -0.387 e. The van der Waals surface area contributed by atoms with Crippen LogP contribution in [0.3, 0.4) is 0 Å². The highest BCUT2D eigenvalue weighted by atomic mass is 35.5. The number of pyridine rings is 1. The lowest BCUT2D eigenvalue weighted by molar-refractivity contribution is 0.0793. The highest BCUT2D eigenvalue weighted by Crippen LogP contribution is 2.30. The van der Waals surface area contributed by atoms with E-state index in [9.17, 15) is 9.90 Å². The van der Waals surface area contributed by atoms with Crippen LogP contribution in [-0.4, -0.2) is 21.6 Å². The number of Topliss-reactive ketones (excluding diaryl/α,β-unsaturated/α-hetero) is 1. The maximum Gasteiger partial charge on any atom is 0.176 e. The average Bonchev–Trinajstić information content (AvgIpc) is 2.69. The molecule has 0 spiro atoms. The van der Waals surface area contributed by atoms with Gasteiger partial charge in [0.15, 0.2) is 5.78 Å². The smallest absolute Gasteiger partial charge is 0.176 e. The van der Waals surface area contributed by atoms with Crippen molar-refractivity contribution < 1.29 is 9.90 Å². The van der Waals surface area contributed by atoms with E-state index in [0.717, 1.165) is 0 Å². The third-order valence-corrected chi connectivity index (χ3v) is 4.81. The zero-order valence-corrected chi connectivity index (χ0v) is 15.7. The summed E-state index contributed by atoms with van der Waals surface area (Å²) < 4.78 is 0. The van der Waals surface area contributed by atoms with Crippen molar-refractivity contribution in [2.75, 3.05) is 0 Å². The maximum atomic E-state index is 13.2. The number of hydrogen-bond acceptors (Lipinski definition) is 4. The van der Waals surface area contributed by atoms with Crippen LogP contribution in [0, 0.1) is 11.3 Å². The van der Waals surface area contributed by atoms with Crippen LogP contribution in [0.1, 0.15) is 27.6 Å². The number of benzene rings is 2. The number of aliphatic hydroxyl groups excluding tert-OH is 1. The highest BCUT2D eigenvalue weighted by Gasteiger charge is 2.34. The number of nitrogens with one attached hydrogen (secondary N) is 1. The molecule has 0 radical (unpaired) electrons. The van der Waals surface area contributed by atoms with E-state index in [4.69, 9.17) is 28.6 Å². The Balaban J connectivity index is 2.06. The first kappa shape index (κ1) is 19.2. The summed E-state index contributed by atoms with van der Waals surface area (Å²) >= 11 is 12.1. The molecule has 3 aromatic rings. The fourth-order valence-corrected chi connectivity index (χ4v) is 3.17. The first-order valence-corrected chi connectivity index (χ1v) is 8.95. The molecular formula is C21H16Cl2N2O2. The van der Waals surface area contributed by atoms with Crippen LogP contribution >= 0.6 is 23.2 Å². The summed E-state index contributed by atoms with van der Waals surface area (Å²) in [5.41, 5.74) is 1.17. The van der Waals surface area contributed by atoms with E-state index in [2.05, 4.69) is 4.98 Å². The largest absolute Gasteiger partial charge is 0.387 e. The van der Waals surface area contributed by atoms with E-state index < -0.39 is 17.8 Å². The van der Waals surface area contributed by atoms with Crippen molar-refractivity contribution >= 4 is 34.7 Å². The van der Waals surface area contributed by atoms with Crippen LogP contribution in [0.2, 0.25) is 10.0 Å². The van der Waals surface area contributed by atoms with Crippen LogP contribution in [0.5, 0.6) is 0 Å². The topological polar surface area (TPSA) is 74.0 Å². The molecule has 2 atom stereocenters. The number of carbonyl (C=O) groups is 1. The zero-order valence-electron chi connectivity index (χ0n) is 14.1. The van der Waals surface area contributed by atoms with Gasteiger partial charge in [-0.2, -0.15) is 0 Å². The quantitative estimate of drug-likeness (QED) is 0.453.